The van der Waals surface area contributed by atoms with Gasteiger partial charge in [0.15, 0.2) is 0 Å². The van der Waals surface area contributed by atoms with Gasteiger partial charge in [-0.1, -0.05) is 0 Å². The largest absolute Gasteiger partial charge is 0.346 e. The van der Waals surface area contributed by atoms with Gasteiger partial charge < -0.3 is 5.32 Å². The van der Waals surface area contributed by atoms with E-state index in [-0.39, 0.29) is 23.9 Å². The number of thiophene rings is 1. The van der Waals surface area contributed by atoms with Crippen molar-refractivity contribution >= 4 is 27.5 Å². The van der Waals surface area contributed by atoms with Crippen LogP contribution < -0.4 is 10.9 Å². The molecule has 2 N–H and O–H groups in total. The van der Waals surface area contributed by atoms with Crippen molar-refractivity contribution in [1.29, 1.82) is 0 Å². The van der Waals surface area contributed by atoms with Gasteiger partial charge in [-0.25, -0.2) is 9.97 Å². The van der Waals surface area contributed by atoms with Crippen molar-refractivity contribution in [3.63, 3.8) is 0 Å². The summed E-state index contributed by atoms with van der Waals surface area (Å²) in [4.78, 5) is 35.6. The van der Waals surface area contributed by atoms with Crippen LogP contribution in [0.25, 0.3) is 10.2 Å². The zero-order valence-corrected chi connectivity index (χ0v) is 15.3. The molecule has 0 aromatic carbocycles. The van der Waals surface area contributed by atoms with E-state index >= 15 is 0 Å². The number of aromatic nitrogens is 5. The first-order chi connectivity index (χ1) is 12.6. The molecule has 4 rings (SSSR count). The normalized spacial score (nSPS) is 15.0. The molecule has 0 spiro atoms. The van der Waals surface area contributed by atoms with Crippen LogP contribution in [-0.4, -0.2) is 30.6 Å². The molecule has 0 saturated carbocycles. The third-order valence-corrected chi connectivity index (χ3v) is 5.94. The lowest BCUT2D eigenvalue weighted by atomic mass is 9.97. The van der Waals surface area contributed by atoms with Gasteiger partial charge in [0.2, 0.25) is 5.91 Å². The van der Waals surface area contributed by atoms with E-state index in [9.17, 15) is 9.59 Å². The molecular weight excluding hydrogens is 352 g/mol. The average Bonchev–Trinajstić information content (AvgIpc) is 3.29. The standard InChI is InChI=1S/C17H20N6O2S/c1-10(15-18-8-20-22-15)21-13(24)6-7-23-9-19-16-14(17(23)25)11-4-2-3-5-12(11)26-16/h8-10H,2-7H2,1H3,(H,21,24)(H,18,20,22)/t10-/m0/s1. The van der Waals surface area contributed by atoms with E-state index in [1.54, 1.807) is 22.2 Å². The van der Waals surface area contributed by atoms with E-state index in [4.69, 9.17) is 0 Å². The second-order valence-corrected chi connectivity index (χ2v) is 7.63. The summed E-state index contributed by atoms with van der Waals surface area (Å²) in [5, 5.41) is 10.1. The zero-order valence-electron chi connectivity index (χ0n) is 14.5. The number of rotatable bonds is 5. The lowest BCUT2D eigenvalue weighted by Gasteiger charge is -2.12. The van der Waals surface area contributed by atoms with E-state index in [0.29, 0.717) is 12.4 Å². The number of aryl methyl sites for hydroxylation is 3. The van der Waals surface area contributed by atoms with Crippen LogP contribution in [-0.2, 0) is 24.2 Å². The number of H-pyrrole nitrogens is 1. The first-order valence-corrected chi connectivity index (χ1v) is 9.59. The summed E-state index contributed by atoms with van der Waals surface area (Å²) in [5.74, 6) is 0.455. The van der Waals surface area contributed by atoms with Gasteiger partial charge in [-0.3, -0.25) is 19.3 Å². The van der Waals surface area contributed by atoms with E-state index in [0.717, 1.165) is 29.5 Å². The molecule has 3 aromatic rings. The van der Waals surface area contributed by atoms with Gasteiger partial charge in [-0.15, -0.1) is 11.3 Å². The summed E-state index contributed by atoms with van der Waals surface area (Å²) in [6.07, 6.45) is 7.45. The van der Waals surface area contributed by atoms with Crippen LogP contribution in [0.1, 0.15) is 48.5 Å². The Morgan fingerprint density at radius 2 is 2.23 bits per heavy atom. The Morgan fingerprint density at radius 3 is 3.04 bits per heavy atom. The summed E-state index contributed by atoms with van der Waals surface area (Å²) < 4.78 is 1.54. The molecule has 0 saturated heterocycles. The highest BCUT2D eigenvalue weighted by Crippen LogP contribution is 2.33. The molecule has 1 aliphatic rings. The summed E-state index contributed by atoms with van der Waals surface area (Å²) >= 11 is 1.63. The minimum absolute atomic E-state index is 0.0366. The topological polar surface area (TPSA) is 106 Å². The summed E-state index contributed by atoms with van der Waals surface area (Å²) in [5.41, 5.74) is 1.14. The Balaban J connectivity index is 1.48. The molecule has 136 valence electrons. The highest BCUT2D eigenvalue weighted by Gasteiger charge is 2.20. The van der Waals surface area contributed by atoms with Gasteiger partial charge in [-0.2, -0.15) is 5.10 Å². The number of fused-ring (bicyclic) bond motifs is 3. The van der Waals surface area contributed by atoms with Crippen LogP contribution in [0.4, 0.5) is 0 Å². The minimum atomic E-state index is -0.258. The van der Waals surface area contributed by atoms with Crippen LogP contribution in [0, 0.1) is 0 Å². The molecule has 3 heterocycles. The number of carbonyl (C=O) groups excluding carboxylic acids is 1. The zero-order chi connectivity index (χ0) is 18.1. The Bertz CT molecular complexity index is 991. The van der Waals surface area contributed by atoms with Gasteiger partial charge in [0.05, 0.1) is 17.8 Å². The van der Waals surface area contributed by atoms with Crippen molar-refractivity contribution in [3.05, 3.63) is 39.3 Å². The lowest BCUT2D eigenvalue weighted by molar-refractivity contribution is -0.122. The molecule has 0 unspecified atom stereocenters. The van der Waals surface area contributed by atoms with E-state index < -0.39 is 0 Å². The predicted molar refractivity (Wildman–Crippen MR) is 98.1 cm³/mol. The quantitative estimate of drug-likeness (QED) is 0.709. The number of nitrogens with one attached hydrogen (secondary N) is 2. The van der Waals surface area contributed by atoms with Crippen LogP contribution in [0.5, 0.6) is 0 Å². The van der Waals surface area contributed by atoms with Crippen molar-refractivity contribution < 1.29 is 4.79 Å². The van der Waals surface area contributed by atoms with Crippen LogP contribution in [0.3, 0.4) is 0 Å². The second-order valence-electron chi connectivity index (χ2n) is 6.54. The third kappa shape index (κ3) is 3.14. The number of hydrogen-bond acceptors (Lipinski definition) is 6. The fourth-order valence-electron chi connectivity index (χ4n) is 3.37. The lowest BCUT2D eigenvalue weighted by Crippen LogP contribution is -2.30. The molecule has 9 heteroatoms. The number of carbonyl (C=O) groups is 1. The highest BCUT2D eigenvalue weighted by atomic mass is 32.1. The van der Waals surface area contributed by atoms with Crippen molar-refractivity contribution in [3.8, 4) is 0 Å². The number of nitrogens with zero attached hydrogens (tertiary/aromatic N) is 4. The van der Waals surface area contributed by atoms with Crippen molar-refractivity contribution in [2.45, 2.75) is 51.6 Å². The van der Waals surface area contributed by atoms with E-state index in [2.05, 4.69) is 25.5 Å². The highest BCUT2D eigenvalue weighted by molar-refractivity contribution is 7.18. The first kappa shape index (κ1) is 16.9. The average molecular weight is 372 g/mol. The Morgan fingerprint density at radius 1 is 1.38 bits per heavy atom. The van der Waals surface area contributed by atoms with Gasteiger partial charge in [-0.05, 0) is 38.2 Å². The Kier molecular flexibility index (Phi) is 4.54. The molecule has 26 heavy (non-hydrogen) atoms. The Hall–Kier alpha value is -2.55. The Labute approximate surface area is 153 Å². The maximum Gasteiger partial charge on any atom is 0.262 e. The van der Waals surface area contributed by atoms with Gasteiger partial charge in [0.25, 0.3) is 5.56 Å². The fraction of sp³-hybridized carbons (Fsp3) is 0.471. The van der Waals surface area contributed by atoms with Gasteiger partial charge >= 0.3 is 0 Å². The smallest absolute Gasteiger partial charge is 0.262 e. The monoisotopic (exact) mass is 372 g/mol. The van der Waals surface area contributed by atoms with Gasteiger partial charge in [0, 0.05) is 17.8 Å². The summed E-state index contributed by atoms with van der Waals surface area (Å²) in [6.45, 7) is 2.14. The third-order valence-electron chi connectivity index (χ3n) is 4.74. The molecule has 1 atom stereocenters. The van der Waals surface area contributed by atoms with Crippen LogP contribution >= 0.6 is 11.3 Å². The maximum atomic E-state index is 12.9. The molecule has 3 aromatic heterocycles. The number of hydrogen-bond donors (Lipinski definition) is 2. The number of aromatic amines is 1. The predicted octanol–water partition coefficient (Wildman–Crippen LogP) is 1.72. The van der Waals surface area contributed by atoms with E-state index in [1.165, 1.54) is 23.2 Å². The fourth-order valence-corrected chi connectivity index (χ4v) is 4.59. The van der Waals surface area contributed by atoms with Crippen molar-refractivity contribution in [2.24, 2.45) is 0 Å². The molecule has 0 aliphatic heterocycles. The molecule has 8 nitrogen and oxygen atoms in total. The second kappa shape index (κ2) is 6.99. The molecule has 0 fully saturated rings. The first-order valence-electron chi connectivity index (χ1n) is 8.78. The molecule has 0 bridgehead atoms. The minimum Gasteiger partial charge on any atom is -0.346 e. The van der Waals surface area contributed by atoms with Crippen molar-refractivity contribution in [1.82, 2.24) is 30.0 Å². The van der Waals surface area contributed by atoms with Gasteiger partial charge in [0.1, 0.15) is 17.0 Å². The van der Waals surface area contributed by atoms with Crippen LogP contribution in [0.15, 0.2) is 17.4 Å². The van der Waals surface area contributed by atoms with E-state index in [1.807, 2.05) is 6.92 Å². The SMILES string of the molecule is C[C@H](NC(=O)CCn1cnc2sc3c(c2c1=O)CCCC3)c1ncn[nH]1. The maximum absolute atomic E-state index is 12.9. The molecule has 0 radical (unpaired) electrons. The van der Waals surface area contributed by atoms with Crippen molar-refractivity contribution in [2.75, 3.05) is 0 Å². The summed E-state index contributed by atoms with van der Waals surface area (Å²) in [7, 11) is 0. The molecular formula is C17H20N6O2S. The van der Waals surface area contributed by atoms with Crippen LogP contribution in [0.2, 0.25) is 0 Å². The number of amides is 1. The summed E-state index contributed by atoms with van der Waals surface area (Å²) in [6, 6.07) is -0.258. The molecule has 1 aliphatic carbocycles. The molecule has 1 amide bonds.